The topological polar surface area (TPSA) is 38.0 Å². The molecule has 1 aliphatic rings. The number of rotatable bonds is 2. The van der Waals surface area contributed by atoms with Crippen molar-refractivity contribution in [3.05, 3.63) is 89.0 Å². The first-order chi connectivity index (χ1) is 11.3. The molecule has 0 fully saturated rings. The van der Waals surface area contributed by atoms with Gasteiger partial charge in [0.1, 0.15) is 0 Å². The van der Waals surface area contributed by atoms with Gasteiger partial charge in [0.05, 0.1) is 0 Å². The quantitative estimate of drug-likeness (QED) is 0.506. The average Bonchev–Trinajstić information content (AvgIpc) is 2.75. The van der Waals surface area contributed by atoms with Gasteiger partial charge < -0.3 is 11.1 Å². The van der Waals surface area contributed by atoms with Crippen molar-refractivity contribution < 1.29 is 0 Å². The second-order valence-corrected chi connectivity index (χ2v) is 5.85. The van der Waals surface area contributed by atoms with Gasteiger partial charge in [0.25, 0.3) is 0 Å². The molecule has 0 spiro atoms. The molecule has 23 heavy (non-hydrogen) atoms. The van der Waals surface area contributed by atoms with Gasteiger partial charge >= 0.3 is 0 Å². The van der Waals surface area contributed by atoms with Crippen molar-refractivity contribution in [1.82, 2.24) is 0 Å². The minimum absolute atomic E-state index is 0.810. The van der Waals surface area contributed by atoms with Gasteiger partial charge in [0.15, 0.2) is 0 Å². The Labute approximate surface area is 136 Å². The summed E-state index contributed by atoms with van der Waals surface area (Å²) in [6.45, 7) is 0. The van der Waals surface area contributed by atoms with Crippen LogP contribution in [-0.2, 0) is 6.42 Å². The van der Waals surface area contributed by atoms with Gasteiger partial charge in [0.2, 0.25) is 0 Å². The summed E-state index contributed by atoms with van der Waals surface area (Å²) in [5.74, 6) is 0. The van der Waals surface area contributed by atoms with Crippen molar-refractivity contribution in [2.75, 3.05) is 11.1 Å². The Morgan fingerprint density at radius 3 is 2.39 bits per heavy atom. The molecule has 2 nitrogen and oxygen atoms in total. The Morgan fingerprint density at radius 1 is 0.739 bits per heavy atom. The fourth-order valence-electron chi connectivity index (χ4n) is 3.04. The number of nitrogen functional groups attached to an aromatic ring is 1. The number of hydrogen-bond donors (Lipinski definition) is 2. The molecule has 0 unspecified atom stereocenters. The van der Waals surface area contributed by atoms with Crippen LogP contribution >= 0.6 is 0 Å². The molecule has 1 aliphatic heterocycles. The standard InChI is InChI=1S/C21H18N2/c22-19-13-16(12-15-6-2-1-3-7-15)14-21-18(19)11-10-17-8-4-5-9-20(17)23-21/h1-11,13-14,23H,12,22H2. The fourth-order valence-corrected chi connectivity index (χ4v) is 3.04. The zero-order valence-corrected chi connectivity index (χ0v) is 12.8. The Balaban J connectivity index is 1.75. The van der Waals surface area contributed by atoms with E-state index in [9.17, 15) is 0 Å². The molecule has 3 N–H and O–H groups in total. The second-order valence-electron chi connectivity index (χ2n) is 5.85. The molecule has 1 heterocycles. The van der Waals surface area contributed by atoms with Crippen LogP contribution in [0.25, 0.3) is 12.2 Å². The zero-order chi connectivity index (χ0) is 15.6. The van der Waals surface area contributed by atoms with Crippen LogP contribution in [0.15, 0.2) is 66.7 Å². The first kappa shape index (κ1) is 13.6. The van der Waals surface area contributed by atoms with Crippen molar-refractivity contribution in [1.29, 1.82) is 0 Å². The first-order valence-corrected chi connectivity index (χ1v) is 7.80. The summed E-state index contributed by atoms with van der Waals surface area (Å²) in [6.07, 6.45) is 5.09. The molecular weight excluding hydrogens is 280 g/mol. The molecule has 0 amide bonds. The molecule has 3 aromatic carbocycles. The number of nitrogens with one attached hydrogen (secondary N) is 1. The monoisotopic (exact) mass is 298 g/mol. The van der Waals surface area contributed by atoms with Crippen molar-refractivity contribution >= 4 is 29.2 Å². The summed E-state index contributed by atoms with van der Waals surface area (Å²) in [4.78, 5) is 0. The van der Waals surface area contributed by atoms with Crippen LogP contribution in [-0.4, -0.2) is 0 Å². The Hall–Kier alpha value is -3.00. The van der Waals surface area contributed by atoms with E-state index in [4.69, 9.17) is 5.73 Å². The molecule has 0 saturated carbocycles. The summed E-state index contributed by atoms with van der Waals surface area (Å²) in [5.41, 5.74) is 14.0. The highest BCUT2D eigenvalue weighted by molar-refractivity contribution is 5.91. The Morgan fingerprint density at radius 2 is 1.52 bits per heavy atom. The van der Waals surface area contributed by atoms with Gasteiger partial charge in [-0.25, -0.2) is 0 Å². The number of hydrogen-bond acceptors (Lipinski definition) is 2. The van der Waals surface area contributed by atoms with E-state index in [1.165, 1.54) is 16.7 Å². The maximum atomic E-state index is 6.31. The highest BCUT2D eigenvalue weighted by atomic mass is 14.9. The maximum absolute atomic E-state index is 6.31. The lowest BCUT2D eigenvalue weighted by atomic mass is 10.0. The van der Waals surface area contributed by atoms with E-state index in [-0.39, 0.29) is 0 Å². The number of nitrogens with two attached hydrogens (primary N) is 1. The van der Waals surface area contributed by atoms with Crippen molar-refractivity contribution in [3.8, 4) is 0 Å². The van der Waals surface area contributed by atoms with Crippen LogP contribution in [0.2, 0.25) is 0 Å². The summed E-state index contributed by atoms with van der Waals surface area (Å²) < 4.78 is 0. The third-order valence-electron chi connectivity index (χ3n) is 4.18. The number of fused-ring (bicyclic) bond motifs is 2. The highest BCUT2D eigenvalue weighted by Crippen LogP contribution is 2.34. The largest absolute Gasteiger partial charge is 0.398 e. The predicted octanol–water partition coefficient (Wildman–Crippen LogP) is 5.09. The van der Waals surface area contributed by atoms with E-state index < -0.39 is 0 Å². The summed E-state index contributed by atoms with van der Waals surface area (Å²) in [6, 6.07) is 23.0. The van der Waals surface area contributed by atoms with Crippen LogP contribution < -0.4 is 11.1 Å². The van der Waals surface area contributed by atoms with E-state index >= 15 is 0 Å². The van der Waals surface area contributed by atoms with Crippen LogP contribution in [0.1, 0.15) is 22.3 Å². The number of anilines is 3. The molecule has 0 bridgehead atoms. The summed E-state index contributed by atoms with van der Waals surface area (Å²) >= 11 is 0. The molecule has 112 valence electrons. The molecule has 0 aromatic heterocycles. The minimum atomic E-state index is 0.810. The van der Waals surface area contributed by atoms with Crippen molar-refractivity contribution in [2.45, 2.75) is 6.42 Å². The normalized spacial score (nSPS) is 12.0. The van der Waals surface area contributed by atoms with Gasteiger partial charge in [-0.2, -0.15) is 0 Å². The van der Waals surface area contributed by atoms with E-state index in [1.54, 1.807) is 0 Å². The van der Waals surface area contributed by atoms with E-state index in [2.05, 4.69) is 66.0 Å². The van der Waals surface area contributed by atoms with Crippen LogP contribution in [0.4, 0.5) is 17.1 Å². The van der Waals surface area contributed by atoms with Crippen molar-refractivity contribution in [3.63, 3.8) is 0 Å². The molecule has 0 aliphatic carbocycles. The SMILES string of the molecule is Nc1cc(Cc2ccccc2)cc2c1C=Cc1ccccc1N2. The lowest BCUT2D eigenvalue weighted by Gasteiger charge is -2.14. The van der Waals surface area contributed by atoms with Crippen molar-refractivity contribution in [2.24, 2.45) is 0 Å². The van der Waals surface area contributed by atoms with E-state index in [0.29, 0.717) is 0 Å². The molecule has 4 rings (SSSR count). The lowest BCUT2D eigenvalue weighted by molar-refractivity contribution is 1.19. The maximum Gasteiger partial charge on any atom is 0.0481 e. The highest BCUT2D eigenvalue weighted by Gasteiger charge is 2.12. The average molecular weight is 298 g/mol. The number of benzene rings is 3. The van der Waals surface area contributed by atoms with Crippen LogP contribution in [0, 0.1) is 0 Å². The molecule has 0 atom stereocenters. The van der Waals surface area contributed by atoms with E-state index in [1.807, 2.05) is 18.2 Å². The fraction of sp³-hybridized carbons (Fsp3) is 0.0476. The smallest absolute Gasteiger partial charge is 0.0481 e. The third kappa shape index (κ3) is 2.71. The molecule has 0 radical (unpaired) electrons. The summed E-state index contributed by atoms with van der Waals surface area (Å²) in [5, 5.41) is 3.53. The molecule has 3 aromatic rings. The van der Waals surface area contributed by atoms with Crippen LogP contribution in [0.3, 0.4) is 0 Å². The first-order valence-electron chi connectivity index (χ1n) is 7.80. The van der Waals surface area contributed by atoms with Gasteiger partial charge in [-0.1, -0.05) is 60.7 Å². The van der Waals surface area contributed by atoms with E-state index in [0.717, 1.165) is 29.0 Å². The predicted molar refractivity (Wildman–Crippen MR) is 98.8 cm³/mol. The zero-order valence-electron chi connectivity index (χ0n) is 12.8. The third-order valence-corrected chi connectivity index (χ3v) is 4.18. The van der Waals surface area contributed by atoms with Gasteiger partial charge in [-0.15, -0.1) is 0 Å². The minimum Gasteiger partial charge on any atom is -0.398 e. The molecule has 0 saturated heterocycles. The second kappa shape index (κ2) is 5.65. The lowest BCUT2D eigenvalue weighted by Crippen LogP contribution is -2.00. The summed E-state index contributed by atoms with van der Waals surface area (Å²) in [7, 11) is 0. The number of para-hydroxylation sites is 1. The van der Waals surface area contributed by atoms with Gasteiger partial charge in [-0.05, 0) is 41.3 Å². The Kier molecular flexibility index (Phi) is 3.35. The van der Waals surface area contributed by atoms with Gasteiger partial charge in [-0.3, -0.25) is 0 Å². The molecular formula is C21H18N2. The Bertz CT molecular complexity index is 880. The van der Waals surface area contributed by atoms with Gasteiger partial charge in [0, 0.05) is 22.6 Å². The molecule has 2 heteroatoms. The van der Waals surface area contributed by atoms with Crippen LogP contribution in [0.5, 0.6) is 0 Å².